The molecule has 2 heterocycles. The maximum atomic E-state index is 13.3. The number of ether oxygens (including phenoxy) is 2. The fourth-order valence-electron chi connectivity index (χ4n) is 2.89. The van der Waals surface area contributed by atoms with E-state index in [1.807, 2.05) is 67.5 Å². The van der Waals surface area contributed by atoms with Gasteiger partial charge in [-0.25, -0.2) is 4.98 Å². The lowest BCUT2D eigenvalue weighted by Crippen LogP contribution is -2.48. The molecular weight excluding hydrogens is 362 g/mol. The zero-order valence-electron chi connectivity index (χ0n) is 15.3. The summed E-state index contributed by atoms with van der Waals surface area (Å²) in [5, 5.41) is 0.686. The van der Waals surface area contributed by atoms with E-state index >= 15 is 0 Å². The highest BCUT2D eigenvalue weighted by Crippen LogP contribution is 2.33. The highest BCUT2D eigenvalue weighted by molar-refractivity contribution is 7.22. The van der Waals surface area contributed by atoms with Gasteiger partial charge in [-0.05, 0) is 38.4 Å². The van der Waals surface area contributed by atoms with Crippen LogP contribution in [-0.2, 0) is 4.79 Å². The molecule has 0 radical (unpaired) electrons. The lowest BCUT2D eigenvalue weighted by molar-refractivity contribution is -0.127. The Labute approximate surface area is 161 Å². The van der Waals surface area contributed by atoms with Gasteiger partial charge < -0.3 is 14.4 Å². The van der Waals surface area contributed by atoms with E-state index in [-0.39, 0.29) is 12.5 Å². The minimum absolute atomic E-state index is 0.134. The van der Waals surface area contributed by atoms with Crippen LogP contribution in [0, 0.1) is 0 Å². The molecular formula is C20H21N3O3S. The van der Waals surface area contributed by atoms with Gasteiger partial charge in [0.25, 0.3) is 5.91 Å². The Kier molecular flexibility index (Phi) is 4.96. The van der Waals surface area contributed by atoms with Gasteiger partial charge >= 0.3 is 0 Å². The van der Waals surface area contributed by atoms with Gasteiger partial charge in [-0.1, -0.05) is 35.6 Å². The Bertz CT molecular complexity index is 923. The summed E-state index contributed by atoms with van der Waals surface area (Å²) in [7, 11) is 3.97. The summed E-state index contributed by atoms with van der Waals surface area (Å²) in [4.78, 5) is 21.7. The van der Waals surface area contributed by atoms with Crippen molar-refractivity contribution < 1.29 is 14.3 Å². The molecule has 1 aliphatic rings. The standard InChI is InChI=1S/C20H21N3O3S/c1-22(2)11-12-23(20-21-14-7-3-6-10-18(14)27-20)19(24)17-13-25-15-8-4-5-9-16(15)26-17/h3-10,17H,11-13H2,1-2H3/t17-/m0/s1. The van der Waals surface area contributed by atoms with Crippen molar-refractivity contribution >= 4 is 32.6 Å². The molecule has 27 heavy (non-hydrogen) atoms. The molecule has 1 atom stereocenters. The van der Waals surface area contributed by atoms with E-state index in [0.29, 0.717) is 23.2 Å². The molecule has 4 rings (SSSR count). The first-order valence-corrected chi connectivity index (χ1v) is 9.63. The number of para-hydroxylation sites is 3. The van der Waals surface area contributed by atoms with E-state index in [0.717, 1.165) is 16.8 Å². The summed E-state index contributed by atoms with van der Waals surface area (Å²) < 4.78 is 12.7. The average Bonchev–Trinajstić information content (AvgIpc) is 3.11. The number of thiazole rings is 1. The first kappa shape index (κ1) is 17.8. The van der Waals surface area contributed by atoms with Gasteiger partial charge in [0.15, 0.2) is 16.6 Å². The number of hydrogen-bond acceptors (Lipinski definition) is 6. The third kappa shape index (κ3) is 3.74. The first-order valence-electron chi connectivity index (χ1n) is 8.82. The molecule has 0 fully saturated rings. The average molecular weight is 383 g/mol. The molecule has 3 aromatic rings. The smallest absolute Gasteiger partial charge is 0.273 e. The van der Waals surface area contributed by atoms with E-state index in [1.165, 1.54) is 11.3 Å². The van der Waals surface area contributed by atoms with Gasteiger partial charge in [-0.15, -0.1) is 0 Å². The number of fused-ring (bicyclic) bond motifs is 2. The SMILES string of the molecule is CN(C)CCN(C(=O)[C@@H]1COc2ccccc2O1)c1nc2ccccc2s1. The van der Waals surface area contributed by atoms with Gasteiger partial charge in [0.2, 0.25) is 6.10 Å². The van der Waals surface area contributed by atoms with Crippen LogP contribution in [-0.4, -0.2) is 55.7 Å². The number of amides is 1. The molecule has 0 saturated carbocycles. The monoisotopic (exact) mass is 383 g/mol. The van der Waals surface area contributed by atoms with Crippen molar-refractivity contribution in [3.05, 3.63) is 48.5 Å². The van der Waals surface area contributed by atoms with Crippen molar-refractivity contribution in [1.29, 1.82) is 0 Å². The topological polar surface area (TPSA) is 54.9 Å². The van der Waals surface area contributed by atoms with E-state index < -0.39 is 6.10 Å². The Balaban J connectivity index is 1.61. The number of carbonyl (C=O) groups excluding carboxylic acids is 1. The molecule has 0 saturated heterocycles. The summed E-state index contributed by atoms with van der Waals surface area (Å²) in [6.45, 7) is 1.46. The maximum Gasteiger partial charge on any atom is 0.273 e. The van der Waals surface area contributed by atoms with Crippen LogP contribution in [0.3, 0.4) is 0 Å². The second-order valence-corrected chi connectivity index (χ2v) is 7.63. The van der Waals surface area contributed by atoms with Gasteiger partial charge in [0.1, 0.15) is 6.61 Å². The van der Waals surface area contributed by atoms with E-state index in [2.05, 4.69) is 4.98 Å². The Morgan fingerprint density at radius 3 is 2.63 bits per heavy atom. The largest absolute Gasteiger partial charge is 0.485 e. The lowest BCUT2D eigenvalue weighted by Gasteiger charge is -2.30. The Hall–Kier alpha value is -2.64. The molecule has 1 aliphatic heterocycles. The summed E-state index contributed by atoms with van der Waals surface area (Å²) >= 11 is 1.51. The summed E-state index contributed by atoms with van der Waals surface area (Å²) in [5.74, 6) is 1.13. The molecule has 2 aromatic carbocycles. The third-order valence-electron chi connectivity index (χ3n) is 4.33. The minimum Gasteiger partial charge on any atom is -0.485 e. The van der Waals surface area contributed by atoms with Gasteiger partial charge in [-0.3, -0.25) is 9.69 Å². The number of rotatable bonds is 5. The molecule has 7 heteroatoms. The van der Waals surface area contributed by atoms with Crippen molar-refractivity contribution in [3.8, 4) is 11.5 Å². The highest BCUT2D eigenvalue weighted by Gasteiger charge is 2.33. The molecule has 6 nitrogen and oxygen atoms in total. The summed E-state index contributed by atoms with van der Waals surface area (Å²) in [5.41, 5.74) is 0.895. The van der Waals surface area contributed by atoms with Crippen molar-refractivity contribution in [2.75, 3.05) is 38.7 Å². The van der Waals surface area contributed by atoms with Crippen molar-refractivity contribution in [3.63, 3.8) is 0 Å². The highest BCUT2D eigenvalue weighted by atomic mass is 32.1. The normalized spacial score (nSPS) is 15.9. The van der Waals surface area contributed by atoms with Gasteiger partial charge in [0.05, 0.1) is 10.2 Å². The predicted molar refractivity (Wildman–Crippen MR) is 107 cm³/mol. The van der Waals surface area contributed by atoms with Crippen LogP contribution >= 0.6 is 11.3 Å². The quantitative estimate of drug-likeness (QED) is 0.678. The number of likely N-dealkylation sites (N-methyl/N-ethyl adjacent to an activating group) is 1. The van der Waals surface area contributed by atoms with Crippen LogP contribution in [0.4, 0.5) is 5.13 Å². The van der Waals surface area contributed by atoms with Crippen LogP contribution in [0.5, 0.6) is 11.5 Å². The van der Waals surface area contributed by atoms with Crippen LogP contribution in [0.1, 0.15) is 0 Å². The molecule has 0 aliphatic carbocycles. The lowest BCUT2D eigenvalue weighted by atomic mass is 10.2. The number of carbonyl (C=O) groups is 1. The molecule has 0 N–H and O–H groups in total. The zero-order chi connectivity index (χ0) is 18.8. The fraction of sp³-hybridized carbons (Fsp3) is 0.300. The van der Waals surface area contributed by atoms with E-state index in [1.54, 1.807) is 4.90 Å². The molecule has 1 amide bonds. The second kappa shape index (κ2) is 7.54. The minimum atomic E-state index is -0.686. The number of anilines is 1. The zero-order valence-corrected chi connectivity index (χ0v) is 16.1. The van der Waals surface area contributed by atoms with Crippen LogP contribution in [0.15, 0.2) is 48.5 Å². The Morgan fingerprint density at radius 1 is 1.11 bits per heavy atom. The molecule has 0 bridgehead atoms. The van der Waals surface area contributed by atoms with Gasteiger partial charge in [0, 0.05) is 13.1 Å². The fourth-order valence-corrected chi connectivity index (χ4v) is 3.89. The molecule has 140 valence electrons. The molecule has 0 unspecified atom stereocenters. The van der Waals surface area contributed by atoms with E-state index in [9.17, 15) is 4.79 Å². The number of benzene rings is 2. The maximum absolute atomic E-state index is 13.3. The van der Waals surface area contributed by atoms with E-state index in [4.69, 9.17) is 9.47 Å². The van der Waals surface area contributed by atoms with Crippen molar-refractivity contribution in [2.45, 2.75) is 6.10 Å². The number of aromatic nitrogens is 1. The number of hydrogen-bond donors (Lipinski definition) is 0. The van der Waals surface area contributed by atoms with Crippen molar-refractivity contribution in [2.24, 2.45) is 0 Å². The third-order valence-corrected chi connectivity index (χ3v) is 5.39. The molecule has 1 aromatic heterocycles. The van der Waals surface area contributed by atoms with Gasteiger partial charge in [-0.2, -0.15) is 0 Å². The molecule has 0 spiro atoms. The first-order chi connectivity index (χ1) is 13.1. The Morgan fingerprint density at radius 2 is 1.85 bits per heavy atom. The predicted octanol–water partition coefficient (Wildman–Crippen LogP) is 3.03. The summed E-state index contributed by atoms with van der Waals surface area (Å²) in [6, 6.07) is 15.3. The second-order valence-electron chi connectivity index (χ2n) is 6.62. The van der Waals surface area contributed by atoms with Crippen LogP contribution in [0.25, 0.3) is 10.2 Å². The van der Waals surface area contributed by atoms with Crippen molar-refractivity contribution in [1.82, 2.24) is 9.88 Å². The van der Waals surface area contributed by atoms with Crippen LogP contribution < -0.4 is 14.4 Å². The van der Waals surface area contributed by atoms with Crippen LogP contribution in [0.2, 0.25) is 0 Å². The number of nitrogens with zero attached hydrogens (tertiary/aromatic N) is 3. The summed E-state index contributed by atoms with van der Waals surface area (Å²) in [6.07, 6.45) is -0.686.